The zero-order chi connectivity index (χ0) is 22.4. The molecule has 9 atom stereocenters. The largest absolute Gasteiger partial charge is 0.393 e. The van der Waals surface area contributed by atoms with Crippen LogP contribution in [-0.4, -0.2) is 11.2 Å². The minimum absolute atomic E-state index is 0.0840. The fourth-order valence-electron chi connectivity index (χ4n) is 11.1. The molecular weight excluding hydrogens is 376 g/mol. The van der Waals surface area contributed by atoms with Gasteiger partial charge in [-0.1, -0.05) is 46.3 Å². The van der Waals surface area contributed by atoms with E-state index in [1.165, 1.54) is 69.8 Å². The van der Waals surface area contributed by atoms with Crippen LogP contribution in [0.25, 0.3) is 0 Å². The Balaban J connectivity index is 1.41. The normalized spacial score (nSPS) is 52.9. The molecule has 5 saturated carbocycles. The van der Waals surface area contributed by atoms with Crippen molar-refractivity contribution in [1.29, 1.82) is 0 Å². The van der Waals surface area contributed by atoms with E-state index >= 15 is 0 Å². The molecule has 0 bridgehead atoms. The molecule has 0 aliphatic heterocycles. The van der Waals surface area contributed by atoms with Gasteiger partial charge in [-0.05, 0) is 135 Å². The Labute approximate surface area is 192 Å². The maximum Gasteiger partial charge on any atom is 0.0594 e. The second-order valence-corrected chi connectivity index (χ2v) is 14.4. The van der Waals surface area contributed by atoms with Gasteiger partial charge in [0.15, 0.2) is 0 Å². The summed E-state index contributed by atoms with van der Waals surface area (Å²) in [5.41, 5.74) is 3.87. The molecule has 31 heavy (non-hydrogen) atoms. The molecule has 0 aromatic rings. The Morgan fingerprint density at radius 1 is 0.871 bits per heavy atom. The van der Waals surface area contributed by atoms with Crippen LogP contribution in [0.1, 0.15) is 119 Å². The predicted molar refractivity (Wildman–Crippen MR) is 131 cm³/mol. The third kappa shape index (κ3) is 2.71. The van der Waals surface area contributed by atoms with Crippen LogP contribution in [0, 0.1) is 50.7 Å². The first-order chi connectivity index (χ1) is 14.4. The van der Waals surface area contributed by atoms with Gasteiger partial charge < -0.3 is 5.11 Å². The first-order valence-corrected chi connectivity index (χ1v) is 13.8. The third-order valence-corrected chi connectivity index (χ3v) is 13.0. The molecular formula is C30H50O. The lowest BCUT2D eigenvalue weighted by molar-refractivity contribution is -0.161. The molecule has 0 heterocycles. The van der Waals surface area contributed by atoms with Crippen LogP contribution >= 0.6 is 0 Å². The van der Waals surface area contributed by atoms with Crippen LogP contribution in [0.4, 0.5) is 0 Å². The van der Waals surface area contributed by atoms with Crippen LogP contribution in [0.2, 0.25) is 0 Å². The van der Waals surface area contributed by atoms with Gasteiger partial charge in [0.1, 0.15) is 0 Å². The minimum Gasteiger partial charge on any atom is -0.393 e. The van der Waals surface area contributed by atoms with Crippen LogP contribution in [0.5, 0.6) is 0 Å². The number of rotatable bonds is 4. The van der Waals surface area contributed by atoms with Gasteiger partial charge in [-0.3, -0.25) is 0 Å². The fraction of sp³-hybridized carbons (Fsp3) is 0.933. The number of aliphatic hydroxyl groups excluding tert-OH is 1. The first-order valence-electron chi connectivity index (χ1n) is 13.8. The van der Waals surface area contributed by atoms with Gasteiger partial charge in [0.05, 0.1) is 6.10 Å². The molecule has 0 aromatic heterocycles. The molecule has 176 valence electrons. The van der Waals surface area contributed by atoms with Crippen molar-refractivity contribution >= 4 is 0 Å². The number of allylic oxidation sites excluding steroid dienone is 2. The zero-order valence-electron chi connectivity index (χ0n) is 21.7. The van der Waals surface area contributed by atoms with E-state index in [4.69, 9.17) is 0 Å². The molecule has 1 nitrogen and oxygen atoms in total. The predicted octanol–water partition coefficient (Wildman–Crippen LogP) is 8.17. The molecule has 0 amide bonds. The second-order valence-electron chi connectivity index (χ2n) is 14.4. The summed E-state index contributed by atoms with van der Waals surface area (Å²) < 4.78 is 0. The van der Waals surface area contributed by atoms with Crippen molar-refractivity contribution in [3.8, 4) is 0 Å². The van der Waals surface area contributed by atoms with Gasteiger partial charge >= 0.3 is 0 Å². The van der Waals surface area contributed by atoms with Gasteiger partial charge in [-0.2, -0.15) is 0 Å². The SMILES string of the molecule is CC(C)=CCC[C@@H](C)[C@H]1CC[C@@]2(C)[C@@H]3CC[C@H]4C(C)(C)[C@H](O)CC[C@@]45C[C@@]35CC[C@]12C. The molecule has 5 fully saturated rings. The molecule has 0 aromatic carbocycles. The van der Waals surface area contributed by atoms with Crippen LogP contribution in [-0.2, 0) is 0 Å². The van der Waals surface area contributed by atoms with Crippen molar-refractivity contribution in [1.82, 2.24) is 0 Å². The Bertz CT molecular complexity index is 760. The molecule has 5 rings (SSSR count). The van der Waals surface area contributed by atoms with Crippen molar-refractivity contribution in [2.75, 3.05) is 0 Å². The molecule has 2 spiro atoms. The van der Waals surface area contributed by atoms with Crippen LogP contribution in [0.3, 0.4) is 0 Å². The highest BCUT2D eigenvalue weighted by molar-refractivity contribution is 5.30. The molecule has 5 aliphatic rings. The number of hydrogen-bond acceptors (Lipinski definition) is 1. The Morgan fingerprint density at radius 3 is 2.26 bits per heavy atom. The smallest absolute Gasteiger partial charge is 0.0594 e. The van der Waals surface area contributed by atoms with E-state index < -0.39 is 0 Å². The third-order valence-electron chi connectivity index (χ3n) is 13.0. The monoisotopic (exact) mass is 426 g/mol. The van der Waals surface area contributed by atoms with Crippen LogP contribution in [0.15, 0.2) is 11.6 Å². The lowest BCUT2D eigenvalue weighted by atomic mass is 9.41. The van der Waals surface area contributed by atoms with E-state index in [2.05, 4.69) is 54.5 Å². The molecule has 1 heteroatoms. The summed E-state index contributed by atoms with van der Waals surface area (Å²) in [6.07, 6.45) is 17.6. The summed E-state index contributed by atoms with van der Waals surface area (Å²) >= 11 is 0. The molecule has 0 radical (unpaired) electrons. The van der Waals surface area contributed by atoms with Crippen molar-refractivity contribution in [2.24, 2.45) is 50.7 Å². The van der Waals surface area contributed by atoms with Gasteiger partial charge in [0.2, 0.25) is 0 Å². The van der Waals surface area contributed by atoms with Crippen molar-refractivity contribution in [2.45, 2.75) is 125 Å². The zero-order valence-corrected chi connectivity index (χ0v) is 21.7. The summed E-state index contributed by atoms with van der Waals surface area (Å²) in [6, 6.07) is 0. The van der Waals surface area contributed by atoms with Gasteiger partial charge in [0.25, 0.3) is 0 Å². The van der Waals surface area contributed by atoms with E-state index in [1.807, 2.05) is 0 Å². The topological polar surface area (TPSA) is 20.2 Å². The average Bonchev–Trinajstić information content (AvgIpc) is 3.27. The molecule has 5 aliphatic carbocycles. The lowest BCUT2D eigenvalue weighted by Gasteiger charge is -2.63. The Hall–Kier alpha value is -0.300. The summed E-state index contributed by atoms with van der Waals surface area (Å²) in [4.78, 5) is 0. The van der Waals surface area contributed by atoms with E-state index in [-0.39, 0.29) is 11.5 Å². The Morgan fingerprint density at radius 2 is 1.55 bits per heavy atom. The summed E-state index contributed by atoms with van der Waals surface area (Å²) in [5, 5.41) is 10.8. The highest BCUT2D eigenvalue weighted by Gasteiger charge is 2.82. The minimum atomic E-state index is -0.0840. The van der Waals surface area contributed by atoms with E-state index in [0.717, 1.165) is 30.1 Å². The highest BCUT2D eigenvalue weighted by Crippen LogP contribution is 2.89. The van der Waals surface area contributed by atoms with Crippen molar-refractivity contribution < 1.29 is 5.11 Å². The van der Waals surface area contributed by atoms with E-state index in [0.29, 0.717) is 21.7 Å². The van der Waals surface area contributed by atoms with E-state index in [9.17, 15) is 5.11 Å². The highest BCUT2D eigenvalue weighted by atomic mass is 16.3. The second kappa shape index (κ2) is 6.86. The molecule has 1 N–H and O–H groups in total. The van der Waals surface area contributed by atoms with Crippen LogP contribution < -0.4 is 0 Å². The Kier molecular flexibility index (Phi) is 4.98. The maximum atomic E-state index is 10.8. The van der Waals surface area contributed by atoms with Crippen molar-refractivity contribution in [3.05, 3.63) is 11.6 Å². The standard InChI is InChI=1S/C30H50O/c1-20(2)9-8-10-21(3)22-13-15-28(7)24-12-11-23-26(4,5)25(31)14-16-29(23)19-30(24,29)18-17-27(22,28)6/h9,21-25,31H,8,10-19H2,1-7H3/t21-,22-,23+,24+,25-,27-,28+,29-,30+/m1/s1. The number of aliphatic hydroxyl groups is 1. The molecule has 0 unspecified atom stereocenters. The van der Waals surface area contributed by atoms with Crippen molar-refractivity contribution in [3.63, 3.8) is 0 Å². The average molecular weight is 427 g/mol. The van der Waals surface area contributed by atoms with Gasteiger partial charge in [-0.15, -0.1) is 0 Å². The quantitative estimate of drug-likeness (QED) is 0.449. The van der Waals surface area contributed by atoms with Gasteiger partial charge in [0, 0.05) is 0 Å². The molecule has 0 saturated heterocycles. The van der Waals surface area contributed by atoms with Gasteiger partial charge in [-0.25, -0.2) is 0 Å². The summed E-state index contributed by atoms with van der Waals surface area (Å²) in [7, 11) is 0. The summed E-state index contributed by atoms with van der Waals surface area (Å²) in [6.45, 7) is 17.3. The number of hydrogen-bond donors (Lipinski definition) is 1. The maximum absolute atomic E-state index is 10.8. The first kappa shape index (κ1) is 22.5. The lowest BCUT2D eigenvalue weighted by Crippen LogP contribution is -2.57. The summed E-state index contributed by atoms with van der Waals surface area (Å²) in [5.74, 6) is 3.46. The van der Waals surface area contributed by atoms with E-state index in [1.54, 1.807) is 0 Å². The number of fused-ring (bicyclic) bond motifs is 2. The fourth-order valence-corrected chi connectivity index (χ4v) is 11.1.